The summed E-state index contributed by atoms with van der Waals surface area (Å²) in [6.07, 6.45) is 7.30. The lowest BCUT2D eigenvalue weighted by molar-refractivity contribution is 0.0669. The highest BCUT2D eigenvalue weighted by molar-refractivity contribution is 5.90. The molecule has 0 aromatic carbocycles. The van der Waals surface area contributed by atoms with Crippen molar-refractivity contribution in [3.8, 4) is 0 Å². The van der Waals surface area contributed by atoms with E-state index >= 15 is 0 Å². The van der Waals surface area contributed by atoms with Crippen molar-refractivity contribution in [2.75, 3.05) is 0 Å². The predicted octanol–water partition coefficient (Wildman–Crippen LogP) is 2.95. The SMILES string of the molecule is [CH2]C(O)(C(=N)CCC)C1CCCCC1. The van der Waals surface area contributed by atoms with Crippen molar-refractivity contribution in [1.82, 2.24) is 0 Å². The molecule has 0 aliphatic heterocycles. The maximum Gasteiger partial charge on any atom is 0.105 e. The number of hydrogen-bond acceptors (Lipinski definition) is 2. The maximum atomic E-state index is 10.2. The van der Waals surface area contributed by atoms with Gasteiger partial charge in [0, 0.05) is 5.71 Å². The largest absolute Gasteiger partial charge is 0.384 e. The van der Waals surface area contributed by atoms with Crippen molar-refractivity contribution in [2.24, 2.45) is 5.92 Å². The van der Waals surface area contributed by atoms with E-state index in [1.54, 1.807) is 0 Å². The minimum atomic E-state index is -1.09. The molecule has 2 N–H and O–H groups in total. The van der Waals surface area contributed by atoms with E-state index in [1.165, 1.54) is 19.3 Å². The molecule has 1 saturated carbocycles. The maximum absolute atomic E-state index is 10.2. The Hall–Kier alpha value is -0.370. The van der Waals surface area contributed by atoms with E-state index in [0.717, 1.165) is 19.3 Å². The molecule has 2 heteroatoms. The lowest BCUT2D eigenvalue weighted by Gasteiger charge is -2.35. The topological polar surface area (TPSA) is 44.1 Å². The molecular weight excluding hydrogens is 174 g/mol. The Labute approximate surface area is 87.2 Å². The van der Waals surface area contributed by atoms with Crippen LogP contribution < -0.4 is 0 Å². The number of aliphatic hydroxyl groups is 1. The van der Waals surface area contributed by atoms with Crippen molar-refractivity contribution in [1.29, 1.82) is 5.41 Å². The van der Waals surface area contributed by atoms with Crippen molar-refractivity contribution in [2.45, 2.75) is 57.5 Å². The van der Waals surface area contributed by atoms with Crippen molar-refractivity contribution in [3.05, 3.63) is 6.92 Å². The average Bonchev–Trinajstić information content (AvgIpc) is 2.19. The van der Waals surface area contributed by atoms with E-state index in [0.29, 0.717) is 12.1 Å². The first-order chi connectivity index (χ1) is 6.59. The summed E-state index contributed by atoms with van der Waals surface area (Å²) >= 11 is 0. The van der Waals surface area contributed by atoms with Crippen LogP contribution in [0.3, 0.4) is 0 Å². The van der Waals surface area contributed by atoms with E-state index in [2.05, 4.69) is 6.92 Å². The monoisotopic (exact) mass is 196 g/mol. The fourth-order valence-corrected chi connectivity index (χ4v) is 2.29. The zero-order valence-electron chi connectivity index (χ0n) is 9.18. The van der Waals surface area contributed by atoms with Gasteiger partial charge in [-0.15, -0.1) is 0 Å². The highest BCUT2D eigenvalue weighted by Gasteiger charge is 2.36. The van der Waals surface area contributed by atoms with Gasteiger partial charge in [0.1, 0.15) is 5.60 Å². The number of hydrogen-bond donors (Lipinski definition) is 2. The van der Waals surface area contributed by atoms with Crippen LogP contribution in [0, 0.1) is 18.3 Å². The van der Waals surface area contributed by atoms with E-state index in [-0.39, 0.29) is 5.92 Å². The third-order valence-electron chi connectivity index (χ3n) is 3.30. The van der Waals surface area contributed by atoms with Gasteiger partial charge >= 0.3 is 0 Å². The van der Waals surface area contributed by atoms with Crippen molar-refractivity contribution >= 4 is 5.71 Å². The van der Waals surface area contributed by atoms with Gasteiger partial charge in [0.2, 0.25) is 0 Å². The molecule has 1 fully saturated rings. The quantitative estimate of drug-likeness (QED) is 0.667. The molecule has 1 atom stereocenters. The fourth-order valence-electron chi connectivity index (χ4n) is 2.29. The first-order valence-electron chi connectivity index (χ1n) is 5.74. The van der Waals surface area contributed by atoms with Gasteiger partial charge in [-0.25, -0.2) is 0 Å². The molecule has 1 unspecified atom stereocenters. The number of nitrogens with one attached hydrogen (secondary N) is 1. The van der Waals surface area contributed by atoms with Crippen LogP contribution in [-0.2, 0) is 0 Å². The summed E-state index contributed by atoms with van der Waals surface area (Å²) in [6.45, 7) is 5.88. The molecule has 1 aliphatic carbocycles. The zero-order valence-corrected chi connectivity index (χ0v) is 9.18. The van der Waals surface area contributed by atoms with Crippen LogP contribution in [0.1, 0.15) is 51.9 Å². The summed E-state index contributed by atoms with van der Waals surface area (Å²) in [7, 11) is 0. The molecule has 0 amide bonds. The Morgan fingerprint density at radius 2 is 2.00 bits per heavy atom. The van der Waals surface area contributed by atoms with Crippen LogP contribution in [0.4, 0.5) is 0 Å². The molecule has 0 bridgehead atoms. The van der Waals surface area contributed by atoms with Crippen LogP contribution in [0.15, 0.2) is 0 Å². The zero-order chi connectivity index (χ0) is 10.6. The molecule has 1 radical (unpaired) electrons. The predicted molar refractivity (Wildman–Crippen MR) is 59.5 cm³/mol. The lowest BCUT2D eigenvalue weighted by Crippen LogP contribution is -2.43. The van der Waals surface area contributed by atoms with Crippen molar-refractivity contribution in [3.63, 3.8) is 0 Å². The molecule has 14 heavy (non-hydrogen) atoms. The Morgan fingerprint density at radius 3 is 2.50 bits per heavy atom. The third-order valence-corrected chi connectivity index (χ3v) is 3.30. The Morgan fingerprint density at radius 1 is 1.43 bits per heavy atom. The molecule has 1 rings (SSSR count). The van der Waals surface area contributed by atoms with Crippen LogP contribution in [0.25, 0.3) is 0 Å². The molecule has 81 valence electrons. The smallest absolute Gasteiger partial charge is 0.105 e. The Bertz CT molecular complexity index is 192. The second kappa shape index (κ2) is 4.92. The minimum Gasteiger partial charge on any atom is -0.384 e. The molecule has 0 heterocycles. The third kappa shape index (κ3) is 2.57. The van der Waals surface area contributed by atoms with Gasteiger partial charge in [-0.1, -0.05) is 32.6 Å². The van der Waals surface area contributed by atoms with E-state index in [1.807, 2.05) is 6.92 Å². The van der Waals surface area contributed by atoms with Crippen LogP contribution in [0.5, 0.6) is 0 Å². The summed E-state index contributed by atoms with van der Waals surface area (Å²) in [4.78, 5) is 0. The van der Waals surface area contributed by atoms with Gasteiger partial charge in [0.15, 0.2) is 0 Å². The second-order valence-electron chi connectivity index (χ2n) is 4.49. The van der Waals surface area contributed by atoms with E-state index in [9.17, 15) is 5.11 Å². The van der Waals surface area contributed by atoms with Crippen molar-refractivity contribution < 1.29 is 5.11 Å². The molecule has 0 spiro atoms. The fraction of sp³-hybridized carbons (Fsp3) is 0.833. The molecular formula is C12H22NO. The highest BCUT2D eigenvalue weighted by Crippen LogP contribution is 2.33. The van der Waals surface area contributed by atoms with Crippen LogP contribution in [0.2, 0.25) is 0 Å². The summed E-state index contributed by atoms with van der Waals surface area (Å²) < 4.78 is 0. The highest BCUT2D eigenvalue weighted by atomic mass is 16.3. The van der Waals surface area contributed by atoms with Gasteiger partial charge in [0.25, 0.3) is 0 Å². The summed E-state index contributed by atoms with van der Waals surface area (Å²) in [6, 6.07) is 0. The molecule has 0 saturated heterocycles. The first kappa shape index (κ1) is 11.7. The second-order valence-corrected chi connectivity index (χ2v) is 4.49. The Kier molecular flexibility index (Phi) is 4.11. The normalized spacial score (nSPS) is 23.1. The Balaban J connectivity index is 2.57. The lowest BCUT2D eigenvalue weighted by atomic mass is 9.75. The van der Waals surface area contributed by atoms with Gasteiger partial charge in [-0.3, -0.25) is 0 Å². The van der Waals surface area contributed by atoms with Gasteiger partial charge in [-0.05, 0) is 32.1 Å². The summed E-state index contributed by atoms with van der Waals surface area (Å²) in [5.41, 5.74) is -0.664. The van der Waals surface area contributed by atoms with Crippen LogP contribution in [-0.4, -0.2) is 16.4 Å². The molecule has 1 aliphatic rings. The molecule has 0 aromatic rings. The number of rotatable bonds is 4. The average molecular weight is 196 g/mol. The summed E-state index contributed by atoms with van der Waals surface area (Å²) in [5, 5.41) is 18.0. The molecule has 0 aromatic heterocycles. The van der Waals surface area contributed by atoms with E-state index < -0.39 is 5.60 Å². The first-order valence-corrected chi connectivity index (χ1v) is 5.74. The van der Waals surface area contributed by atoms with Crippen LogP contribution >= 0.6 is 0 Å². The van der Waals surface area contributed by atoms with Gasteiger partial charge < -0.3 is 10.5 Å². The molecule has 2 nitrogen and oxygen atoms in total. The van der Waals surface area contributed by atoms with Gasteiger partial charge in [0.05, 0.1) is 0 Å². The standard InChI is InChI=1S/C12H22NO/c1-3-7-11(13)12(2,14)10-8-5-4-6-9-10/h10,13-14H,2-9H2,1H3. The van der Waals surface area contributed by atoms with Gasteiger partial charge in [-0.2, -0.15) is 0 Å². The summed E-state index contributed by atoms with van der Waals surface area (Å²) in [5.74, 6) is 0.218. The minimum absolute atomic E-state index is 0.218. The van der Waals surface area contributed by atoms with E-state index in [4.69, 9.17) is 5.41 Å².